The number of carbonyl (C=O) groups excluding carboxylic acids is 1. The van der Waals surface area contributed by atoms with Crippen LogP contribution in [0.15, 0.2) is 22.7 Å². The fourth-order valence-electron chi connectivity index (χ4n) is 1.44. The Morgan fingerprint density at radius 1 is 1.44 bits per heavy atom. The molecule has 0 aromatic heterocycles. The molecule has 1 aromatic carbocycles. The number of halogens is 1. The van der Waals surface area contributed by atoms with Gasteiger partial charge in [-0.05, 0) is 47.0 Å². The van der Waals surface area contributed by atoms with Gasteiger partial charge in [0.15, 0.2) is 5.78 Å². The molecule has 88 valence electrons. The number of ketones is 1. The fourth-order valence-corrected chi connectivity index (χ4v) is 1.93. The molecular weight excluding hydrogens is 268 g/mol. The molecule has 0 saturated carbocycles. The highest BCUT2D eigenvalue weighted by Crippen LogP contribution is 2.26. The topological polar surface area (TPSA) is 26.3 Å². The largest absolute Gasteiger partial charge is 0.493 e. The first-order chi connectivity index (χ1) is 7.54. The van der Waals surface area contributed by atoms with Gasteiger partial charge in [0.05, 0.1) is 11.1 Å². The highest BCUT2D eigenvalue weighted by molar-refractivity contribution is 9.10. The number of rotatable bonds is 5. The van der Waals surface area contributed by atoms with E-state index in [9.17, 15) is 4.79 Å². The summed E-state index contributed by atoms with van der Waals surface area (Å²) in [6.07, 6.45) is 0.584. The zero-order valence-electron chi connectivity index (χ0n) is 9.92. The molecule has 0 fully saturated rings. The summed E-state index contributed by atoms with van der Waals surface area (Å²) in [6, 6.07) is 5.48. The van der Waals surface area contributed by atoms with Gasteiger partial charge >= 0.3 is 0 Å². The third-order valence-corrected chi connectivity index (χ3v) is 2.77. The van der Waals surface area contributed by atoms with E-state index in [1.54, 1.807) is 0 Å². The van der Waals surface area contributed by atoms with Crippen LogP contribution in [0.2, 0.25) is 0 Å². The first-order valence-corrected chi connectivity index (χ1v) is 6.29. The predicted octanol–water partition coefficient (Wildman–Crippen LogP) is 4.08. The molecular formula is C13H17BrO2. The van der Waals surface area contributed by atoms with Crippen molar-refractivity contribution in [1.82, 2.24) is 0 Å². The smallest absolute Gasteiger partial charge is 0.163 e. The summed E-state index contributed by atoms with van der Waals surface area (Å²) < 4.78 is 6.23. The summed E-state index contributed by atoms with van der Waals surface area (Å²) in [7, 11) is 0. The maximum absolute atomic E-state index is 11.8. The molecule has 0 unspecified atom stereocenters. The van der Waals surface area contributed by atoms with Gasteiger partial charge in [-0.3, -0.25) is 4.79 Å². The molecule has 16 heavy (non-hydrogen) atoms. The Balaban J connectivity index is 2.84. The highest BCUT2D eigenvalue weighted by atomic mass is 79.9. The molecule has 1 aromatic rings. The molecule has 0 aliphatic heterocycles. The zero-order valence-corrected chi connectivity index (χ0v) is 11.5. The molecule has 0 saturated heterocycles. The highest BCUT2D eigenvalue weighted by Gasteiger charge is 2.10. The molecule has 0 aliphatic carbocycles. The number of Topliss-reactive ketones (excluding diaryl/α,β-unsaturated/α-hetero) is 1. The molecule has 0 amide bonds. The van der Waals surface area contributed by atoms with Gasteiger partial charge in [-0.15, -0.1) is 0 Å². The SMILES string of the molecule is CCOc1ccc(C(=O)CC(C)C)cc1Br. The van der Waals surface area contributed by atoms with E-state index in [-0.39, 0.29) is 5.78 Å². The number of hydrogen-bond donors (Lipinski definition) is 0. The van der Waals surface area contributed by atoms with Crippen molar-refractivity contribution in [2.24, 2.45) is 5.92 Å². The predicted molar refractivity (Wildman–Crippen MR) is 69.1 cm³/mol. The summed E-state index contributed by atoms with van der Waals surface area (Å²) in [4.78, 5) is 11.8. The third kappa shape index (κ3) is 3.63. The van der Waals surface area contributed by atoms with E-state index in [1.165, 1.54) is 0 Å². The molecule has 0 radical (unpaired) electrons. The lowest BCUT2D eigenvalue weighted by atomic mass is 10.0. The van der Waals surface area contributed by atoms with Crippen molar-refractivity contribution < 1.29 is 9.53 Å². The van der Waals surface area contributed by atoms with Gasteiger partial charge in [-0.25, -0.2) is 0 Å². The van der Waals surface area contributed by atoms with Crippen molar-refractivity contribution in [3.8, 4) is 5.75 Å². The summed E-state index contributed by atoms with van der Waals surface area (Å²) in [5.41, 5.74) is 0.740. The lowest BCUT2D eigenvalue weighted by Gasteiger charge is -2.08. The van der Waals surface area contributed by atoms with Crippen LogP contribution < -0.4 is 4.74 Å². The summed E-state index contributed by atoms with van der Waals surface area (Å²) in [6.45, 7) is 6.64. The van der Waals surface area contributed by atoms with Crippen LogP contribution in [0.4, 0.5) is 0 Å². The number of hydrogen-bond acceptors (Lipinski definition) is 2. The van der Waals surface area contributed by atoms with E-state index in [0.717, 1.165) is 15.8 Å². The van der Waals surface area contributed by atoms with Crippen LogP contribution in [-0.2, 0) is 0 Å². The zero-order chi connectivity index (χ0) is 12.1. The van der Waals surface area contributed by atoms with E-state index in [2.05, 4.69) is 15.9 Å². The number of benzene rings is 1. The number of ether oxygens (including phenoxy) is 1. The van der Waals surface area contributed by atoms with Gasteiger partial charge in [0.2, 0.25) is 0 Å². The van der Waals surface area contributed by atoms with Gasteiger partial charge in [-0.1, -0.05) is 13.8 Å². The standard InChI is InChI=1S/C13H17BrO2/c1-4-16-13-6-5-10(8-11(13)14)12(15)7-9(2)3/h5-6,8-9H,4,7H2,1-3H3. The van der Waals surface area contributed by atoms with Crippen LogP contribution in [0.3, 0.4) is 0 Å². The van der Waals surface area contributed by atoms with Crippen LogP contribution in [0.25, 0.3) is 0 Å². The van der Waals surface area contributed by atoms with E-state index in [0.29, 0.717) is 18.9 Å². The summed E-state index contributed by atoms with van der Waals surface area (Å²) >= 11 is 3.41. The van der Waals surface area contributed by atoms with Crippen LogP contribution in [-0.4, -0.2) is 12.4 Å². The van der Waals surface area contributed by atoms with Crippen molar-refractivity contribution in [3.63, 3.8) is 0 Å². The Morgan fingerprint density at radius 2 is 2.12 bits per heavy atom. The second kappa shape index (κ2) is 6.04. The number of carbonyl (C=O) groups is 1. The maximum atomic E-state index is 11.8. The molecule has 0 N–H and O–H groups in total. The van der Waals surface area contributed by atoms with Crippen molar-refractivity contribution >= 4 is 21.7 Å². The van der Waals surface area contributed by atoms with E-state index < -0.39 is 0 Å². The first-order valence-electron chi connectivity index (χ1n) is 5.50. The minimum absolute atomic E-state index is 0.179. The van der Waals surface area contributed by atoms with Crippen molar-refractivity contribution in [2.45, 2.75) is 27.2 Å². The Hall–Kier alpha value is -0.830. The molecule has 1 rings (SSSR count). The molecule has 3 heteroatoms. The fraction of sp³-hybridized carbons (Fsp3) is 0.462. The molecule has 0 heterocycles. The normalized spacial score (nSPS) is 10.6. The Morgan fingerprint density at radius 3 is 2.62 bits per heavy atom. The van der Waals surface area contributed by atoms with Gasteiger partial charge in [0.1, 0.15) is 5.75 Å². The molecule has 0 bridgehead atoms. The van der Waals surface area contributed by atoms with Gasteiger partial charge < -0.3 is 4.74 Å². The monoisotopic (exact) mass is 284 g/mol. The van der Waals surface area contributed by atoms with Crippen molar-refractivity contribution in [1.29, 1.82) is 0 Å². The second-order valence-electron chi connectivity index (χ2n) is 4.10. The van der Waals surface area contributed by atoms with Crippen LogP contribution in [0.1, 0.15) is 37.6 Å². The first kappa shape index (κ1) is 13.2. The Labute approximate surface area is 105 Å². The van der Waals surface area contributed by atoms with Crippen LogP contribution >= 0.6 is 15.9 Å². The van der Waals surface area contributed by atoms with Gasteiger partial charge in [0, 0.05) is 12.0 Å². The minimum atomic E-state index is 0.179. The molecule has 0 aliphatic rings. The summed E-state index contributed by atoms with van der Waals surface area (Å²) in [5.74, 6) is 1.35. The average Bonchev–Trinajstić information content (AvgIpc) is 2.20. The quantitative estimate of drug-likeness (QED) is 0.762. The van der Waals surface area contributed by atoms with E-state index in [1.807, 2.05) is 39.0 Å². The Kier molecular flexibility index (Phi) is 5.00. The summed E-state index contributed by atoms with van der Waals surface area (Å²) in [5, 5.41) is 0. The van der Waals surface area contributed by atoms with Crippen LogP contribution in [0, 0.1) is 5.92 Å². The molecule has 0 atom stereocenters. The lowest BCUT2D eigenvalue weighted by Crippen LogP contribution is -2.04. The third-order valence-electron chi connectivity index (χ3n) is 2.15. The minimum Gasteiger partial charge on any atom is -0.493 e. The van der Waals surface area contributed by atoms with Crippen molar-refractivity contribution in [2.75, 3.05) is 6.61 Å². The van der Waals surface area contributed by atoms with Gasteiger partial charge in [0.25, 0.3) is 0 Å². The Bertz CT molecular complexity index is 372. The lowest BCUT2D eigenvalue weighted by molar-refractivity contribution is 0.0968. The van der Waals surface area contributed by atoms with E-state index >= 15 is 0 Å². The maximum Gasteiger partial charge on any atom is 0.163 e. The molecule has 2 nitrogen and oxygen atoms in total. The second-order valence-corrected chi connectivity index (χ2v) is 4.95. The van der Waals surface area contributed by atoms with Crippen molar-refractivity contribution in [3.05, 3.63) is 28.2 Å². The van der Waals surface area contributed by atoms with E-state index in [4.69, 9.17) is 4.74 Å². The average molecular weight is 285 g/mol. The molecule has 0 spiro atoms. The van der Waals surface area contributed by atoms with Gasteiger partial charge in [-0.2, -0.15) is 0 Å². The van der Waals surface area contributed by atoms with Crippen LogP contribution in [0.5, 0.6) is 5.75 Å².